The minimum absolute atomic E-state index is 0.367. The Morgan fingerprint density at radius 2 is 2.10 bits per heavy atom. The number of nitrogens with one attached hydrogen (secondary N) is 1. The van der Waals surface area contributed by atoms with Crippen molar-refractivity contribution in [3.8, 4) is 6.07 Å². The molecule has 0 spiro atoms. The fraction of sp³-hybridized carbons (Fsp3) is 0.235. The molecule has 2 aromatic rings. The van der Waals surface area contributed by atoms with Crippen LogP contribution in [0.3, 0.4) is 0 Å². The van der Waals surface area contributed by atoms with Gasteiger partial charge >= 0.3 is 0 Å². The number of benzene rings is 2. The van der Waals surface area contributed by atoms with Crippen LogP contribution in [0.1, 0.15) is 16.7 Å². The molecule has 106 valence electrons. The van der Waals surface area contributed by atoms with Crippen molar-refractivity contribution in [3.05, 3.63) is 65.0 Å². The van der Waals surface area contributed by atoms with E-state index >= 15 is 0 Å². The number of anilines is 1. The average Bonchev–Trinajstić information content (AvgIpc) is 2.71. The van der Waals surface area contributed by atoms with Crippen molar-refractivity contribution in [1.82, 2.24) is 5.32 Å². The second kappa shape index (κ2) is 5.94. The molecule has 3 nitrogen and oxygen atoms in total. The van der Waals surface area contributed by atoms with E-state index in [4.69, 9.17) is 0 Å². The molecular formula is C17H16FN3. The highest BCUT2D eigenvalue weighted by atomic mass is 19.1. The summed E-state index contributed by atoms with van der Waals surface area (Å²) in [5.41, 5.74) is 3.69. The lowest BCUT2D eigenvalue weighted by molar-refractivity contribution is 0.625. The molecule has 1 N–H and O–H groups in total. The van der Waals surface area contributed by atoms with E-state index in [0.717, 1.165) is 25.2 Å². The van der Waals surface area contributed by atoms with Crippen LogP contribution in [0.4, 0.5) is 10.1 Å². The van der Waals surface area contributed by atoms with Crippen LogP contribution < -0.4 is 10.2 Å². The maximum atomic E-state index is 13.2. The summed E-state index contributed by atoms with van der Waals surface area (Å²) in [4.78, 5) is 2.24. The quantitative estimate of drug-likeness (QED) is 0.920. The fourth-order valence-electron chi connectivity index (χ4n) is 2.69. The zero-order valence-electron chi connectivity index (χ0n) is 11.6. The third-order valence-electron chi connectivity index (χ3n) is 3.76. The van der Waals surface area contributed by atoms with Gasteiger partial charge < -0.3 is 10.2 Å². The van der Waals surface area contributed by atoms with Gasteiger partial charge in [-0.25, -0.2) is 4.39 Å². The Morgan fingerprint density at radius 3 is 2.95 bits per heavy atom. The van der Waals surface area contributed by atoms with Crippen LogP contribution in [0.2, 0.25) is 0 Å². The molecular weight excluding hydrogens is 265 g/mol. The number of halogens is 1. The van der Waals surface area contributed by atoms with E-state index in [1.165, 1.54) is 23.4 Å². The van der Waals surface area contributed by atoms with Crippen LogP contribution in [-0.4, -0.2) is 13.1 Å². The summed E-state index contributed by atoms with van der Waals surface area (Å²) in [6, 6.07) is 14.8. The molecule has 0 unspecified atom stereocenters. The van der Waals surface area contributed by atoms with Gasteiger partial charge in [-0.15, -0.1) is 0 Å². The van der Waals surface area contributed by atoms with Crippen molar-refractivity contribution in [2.45, 2.75) is 13.1 Å². The normalized spacial score (nSPS) is 14.2. The second-order valence-corrected chi connectivity index (χ2v) is 5.14. The van der Waals surface area contributed by atoms with Crippen molar-refractivity contribution >= 4 is 5.69 Å². The van der Waals surface area contributed by atoms with Gasteiger partial charge in [-0.1, -0.05) is 24.3 Å². The minimum Gasteiger partial charge on any atom is -0.366 e. The zero-order valence-corrected chi connectivity index (χ0v) is 11.6. The Hall–Kier alpha value is -2.38. The van der Waals surface area contributed by atoms with Gasteiger partial charge in [-0.3, -0.25) is 0 Å². The molecule has 1 aliphatic heterocycles. The average molecular weight is 281 g/mol. The van der Waals surface area contributed by atoms with Gasteiger partial charge in [0.1, 0.15) is 5.82 Å². The highest BCUT2D eigenvalue weighted by Gasteiger charge is 2.16. The molecule has 0 atom stereocenters. The van der Waals surface area contributed by atoms with Gasteiger partial charge in [0.15, 0.2) is 0 Å². The van der Waals surface area contributed by atoms with E-state index in [2.05, 4.69) is 28.4 Å². The predicted molar refractivity (Wildman–Crippen MR) is 80.3 cm³/mol. The third-order valence-corrected chi connectivity index (χ3v) is 3.76. The zero-order chi connectivity index (χ0) is 14.7. The van der Waals surface area contributed by atoms with Crippen molar-refractivity contribution in [3.63, 3.8) is 0 Å². The fourth-order valence-corrected chi connectivity index (χ4v) is 2.69. The lowest BCUT2D eigenvalue weighted by Gasteiger charge is -2.25. The predicted octanol–water partition coefficient (Wildman–Crippen LogP) is 2.81. The maximum absolute atomic E-state index is 13.2. The van der Waals surface area contributed by atoms with Crippen molar-refractivity contribution in [2.75, 3.05) is 18.0 Å². The van der Waals surface area contributed by atoms with Crippen LogP contribution in [-0.2, 0) is 13.1 Å². The van der Waals surface area contributed by atoms with E-state index in [9.17, 15) is 9.65 Å². The number of hydrogen-bond acceptors (Lipinski definition) is 3. The van der Waals surface area contributed by atoms with Gasteiger partial charge in [0.05, 0.1) is 11.6 Å². The number of para-hydroxylation sites is 1. The summed E-state index contributed by atoms with van der Waals surface area (Å²) < 4.78 is 13.2. The monoisotopic (exact) mass is 281 g/mol. The first kappa shape index (κ1) is 13.6. The first-order valence-corrected chi connectivity index (χ1v) is 7.00. The molecule has 1 heterocycles. The summed E-state index contributed by atoms with van der Waals surface area (Å²) in [6.07, 6.45) is 0. The molecule has 0 amide bonds. The third kappa shape index (κ3) is 2.88. The molecule has 0 bridgehead atoms. The lowest BCUT2D eigenvalue weighted by atomic mass is 10.1. The van der Waals surface area contributed by atoms with Crippen LogP contribution >= 0.6 is 0 Å². The Bertz CT molecular complexity index is 691. The molecule has 0 fully saturated rings. The first-order valence-electron chi connectivity index (χ1n) is 7.00. The Kier molecular flexibility index (Phi) is 3.85. The number of rotatable bonds is 2. The smallest absolute Gasteiger partial charge is 0.124 e. The van der Waals surface area contributed by atoms with Crippen LogP contribution in [0.5, 0.6) is 0 Å². The van der Waals surface area contributed by atoms with Crippen molar-refractivity contribution < 1.29 is 4.39 Å². The molecule has 1 aliphatic rings. The van der Waals surface area contributed by atoms with Gasteiger partial charge in [0.25, 0.3) is 0 Å². The molecule has 21 heavy (non-hydrogen) atoms. The molecule has 0 radical (unpaired) electrons. The summed E-state index contributed by atoms with van der Waals surface area (Å²) >= 11 is 0. The van der Waals surface area contributed by atoms with E-state index in [1.54, 1.807) is 6.07 Å². The molecule has 0 saturated carbocycles. The van der Waals surface area contributed by atoms with Crippen LogP contribution in [0.25, 0.3) is 0 Å². The van der Waals surface area contributed by atoms with E-state index in [1.807, 2.05) is 12.1 Å². The first-order chi connectivity index (χ1) is 10.3. The second-order valence-electron chi connectivity index (χ2n) is 5.14. The largest absolute Gasteiger partial charge is 0.366 e. The molecule has 0 saturated heterocycles. The molecule has 3 rings (SSSR count). The van der Waals surface area contributed by atoms with Crippen LogP contribution in [0, 0.1) is 17.1 Å². The summed E-state index contributed by atoms with van der Waals surface area (Å²) in [6.45, 7) is 3.21. The molecule has 2 aromatic carbocycles. The SMILES string of the molecule is N#Cc1cc(F)ccc1CN1CCNCc2ccccc21. The summed E-state index contributed by atoms with van der Waals surface area (Å²) in [5.74, 6) is -0.367. The standard InChI is InChI=1S/C17H16FN3/c18-16-6-5-14(15(9-16)10-19)12-21-8-7-20-11-13-3-1-2-4-17(13)21/h1-6,9,20H,7-8,11-12H2. The number of nitrogens with zero attached hydrogens (tertiary/aromatic N) is 2. The molecule has 0 aromatic heterocycles. The van der Waals surface area contributed by atoms with E-state index in [-0.39, 0.29) is 5.82 Å². The van der Waals surface area contributed by atoms with E-state index in [0.29, 0.717) is 12.1 Å². The summed E-state index contributed by atoms with van der Waals surface area (Å²) in [7, 11) is 0. The van der Waals surface area contributed by atoms with Crippen LogP contribution in [0.15, 0.2) is 42.5 Å². The lowest BCUT2D eigenvalue weighted by Crippen LogP contribution is -2.28. The van der Waals surface area contributed by atoms with Gasteiger partial charge in [-0.05, 0) is 29.3 Å². The number of hydrogen-bond donors (Lipinski definition) is 1. The summed E-state index contributed by atoms with van der Waals surface area (Å²) in [5, 5.41) is 12.6. The highest BCUT2D eigenvalue weighted by molar-refractivity contribution is 5.55. The minimum atomic E-state index is -0.367. The molecule has 0 aliphatic carbocycles. The maximum Gasteiger partial charge on any atom is 0.124 e. The molecule has 4 heteroatoms. The van der Waals surface area contributed by atoms with E-state index < -0.39 is 0 Å². The Morgan fingerprint density at radius 1 is 1.24 bits per heavy atom. The Labute approximate surface area is 123 Å². The van der Waals surface area contributed by atoms with Crippen molar-refractivity contribution in [1.29, 1.82) is 5.26 Å². The highest BCUT2D eigenvalue weighted by Crippen LogP contribution is 2.24. The van der Waals surface area contributed by atoms with Gasteiger partial charge in [-0.2, -0.15) is 5.26 Å². The topological polar surface area (TPSA) is 39.1 Å². The number of nitriles is 1. The van der Waals surface area contributed by atoms with Gasteiger partial charge in [0.2, 0.25) is 0 Å². The Balaban J connectivity index is 1.93. The van der Waals surface area contributed by atoms with Crippen molar-refractivity contribution in [2.24, 2.45) is 0 Å². The number of fused-ring (bicyclic) bond motifs is 1. The van der Waals surface area contributed by atoms with Gasteiger partial charge in [0, 0.05) is 31.9 Å².